The van der Waals surface area contributed by atoms with Crippen molar-refractivity contribution in [3.05, 3.63) is 48.0 Å². The standard InChI is InChI=1S/C15H13NO4S/c17-11-4-2-10(3-5-11)16-14(20)8-21-15(16)9-1-6-12(18)13(19)7-9/h1-7,15,17-19H,8H2. The molecule has 3 rings (SSSR count). The molecule has 0 aromatic heterocycles. The first kappa shape index (κ1) is 13.6. The summed E-state index contributed by atoms with van der Waals surface area (Å²) in [5.74, 6) is 0.0372. The fourth-order valence-electron chi connectivity index (χ4n) is 2.26. The number of rotatable bonds is 2. The van der Waals surface area contributed by atoms with E-state index in [4.69, 9.17) is 0 Å². The first-order valence-electron chi connectivity index (χ1n) is 6.31. The van der Waals surface area contributed by atoms with Crippen molar-refractivity contribution >= 4 is 23.4 Å². The first-order chi connectivity index (χ1) is 10.1. The van der Waals surface area contributed by atoms with Crippen LogP contribution >= 0.6 is 11.8 Å². The topological polar surface area (TPSA) is 81.0 Å². The van der Waals surface area contributed by atoms with E-state index in [1.165, 1.54) is 36.0 Å². The Labute approximate surface area is 125 Å². The van der Waals surface area contributed by atoms with Gasteiger partial charge in [-0.1, -0.05) is 6.07 Å². The molecule has 1 fully saturated rings. The molecule has 1 atom stereocenters. The Balaban J connectivity index is 1.99. The minimum atomic E-state index is -0.270. The number of amides is 1. The molecule has 21 heavy (non-hydrogen) atoms. The molecule has 1 aliphatic rings. The van der Waals surface area contributed by atoms with Crippen molar-refractivity contribution in [1.82, 2.24) is 0 Å². The van der Waals surface area contributed by atoms with Crippen molar-refractivity contribution in [1.29, 1.82) is 0 Å². The molecule has 1 heterocycles. The molecule has 1 aliphatic heterocycles. The number of anilines is 1. The molecule has 6 heteroatoms. The summed E-state index contributed by atoms with van der Waals surface area (Å²) in [6.07, 6.45) is 0. The highest BCUT2D eigenvalue weighted by Gasteiger charge is 2.34. The molecule has 3 N–H and O–H groups in total. The number of carbonyl (C=O) groups excluding carboxylic acids is 1. The minimum absolute atomic E-state index is 0.0387. The summed E-state index contributed by atoms with van der Waals surface area (Å²) >= 11 is 1.45. The summed E-state index contributed by atoms with van der Waals surface area (Å²) in [6, 6.07) is 10.9. The number of benzene rings is 2. The van der Waals surface area contributed by atoms with Crippen molar-refractivity contribution in [2.24, 2.45) is 0 Å². The van der Waals surface area contributed by atoms with E-state index in [9.17, 15) is 20.1 Å². The molecule has 0 bridgehead atoms. The van der Waals surface area contributed by atoms with Crippen LogP contribution in [0.15, 0.2) is 42.5 Å². The lowest BCUT2D eigenvalue weighted by atomic mass is 10.1. The molecule has 2 aromatic rings. The number of thioether (sulfide) groups is 1. The molecule has 1 amide bonds. The fraction of sp³-hybridized carbons (Fsp3) is 0.133. The molecule has 0 aliphatic carbocycles. The maximum Gasteiger partial charge on any atom is 0.238 e. The zero-order valence-electron chi connectivity index (χ0n) is 10.9. The van der Waals surface area contributed by atoms with Crippen LogP contribution < -0.4 is 4.90 Å². The first-order valence-corrected chi connectivity index (χ1v) is 7.36. The van der Waals surface area contributed by atoms with Gasteiger partial charge in [-0.25, -0.2) is 0 Å². The average Bonchev–Trinajstić information content (AvgIpc) is 2.85. The van der Waals surface area contributed by atoms with Gasteiger partial charge in [0.1, 0.15) is 11.1 Å². The summed E-state index contributed by atoms with van der Waals surface area (Å²) in [5.41, 5.74) is 1.41. The number of hydrogen-bond acceptors (Lipinski definition) is 5. The van der Waals surface area contributed by atoms with Crippen LogP contribution in [0.1, 0.15) is 10.9 Å². The van der Waals surface area contributed by atoms with Crippen LogP contribution in [0, 0.1) is 0 Å². The lowest BCUT2D eigenvalue weighted by Crippen LogP contribution is -2.27. The van der Waals surface area contributed by atoms with Crippen molar-refractivity contribution in [2.45, 2.75) is 5.37 Å². The Bertz CT molecular complexity index is 687. The maximum absolute atomic E-state index is 12.1. The maximum atomic E-state index is 12.1. The molecular weight excluding hydrogens is 290 g/mol. The Morgan fingerprint density at radius 3 is 2.38 bits per heavy atom. The Morgan fingerprint density at radius 1 is 1.00 bits per heavy atom. The molecule has 0 spiro atoms. The quantitative estimate of drug-likeness (QED) is 0.743. The number of phenols is 3. The van der Waals surface area contributed by atoms with E-state index >= 15 is 0 Å². The van der Waals surface area contributed by atoms with E-state index in [-0.39, 0.29) is 28.5 Å². The van der Waals surface area contributed by atoms with E-state index in [0.717, 1.165) is 5.56 Å². The lowest BCUT2D eigenvalue weighted by molar-refractivity contribution is -0.115. The molecule has 2 aromatic carbocycles. The second-order valence-electron chi connectivity index (χ2n) is 4.69. The van der Waals surface area contributed by atoms with Crippen LogP contribution in [0.25, 0.3) is 0 Å². The third-order valence-electron chi connectivity index (χ3n) is 3.28. The zero-order chi connectivity index (χ0) is 15.0. The highest BCUT2D eigenvalue weighted by Crippen LogP contribution is 2.43. The lowest BCUT2D eigenvalue weighted by Gasteiger charge is -2.24. The second-order valence-corrected chi connectivity index (χ2v) is 5.76. The van der Waals surface area contributed by atoms with E-state index < -0.39 is 0 Å². The van der Waals surface area contributed by atoms with E-state index in [2.05, 4.69) is 0 Å². The van der Waals surface area contributed by atoms with Gasteiger partial charge in [0.2, 0.25) is 5.91 Å². The van der Waals surface area contributed by atoms with Gasteiger partial charge in [-0.05, 0) is 42.0 Å². The van der Waals surface area contributed by atoms with Gasteiger partial charge in [-0.3, -0.25) is 9.69 Å². The van der Waals surface area contributed by atoms with Crippen LogP contribution in [0.4, 0.5) is 5.69 Å². The van der Waals surface area contributed by atoms with Crippen molar-refractivity contribution in [2.75, 3.05) is 10.7 Å². The van der Waals surface area contributed by atoms with Crippen LogP contribution in [0.2, 0.25) is 0 Å². The summed E-state index contributed by atoms with van der Waals surface area (Å²) < 4.78 is 0. The highest BCUT2D eigenvalue weighted by molar-refractivity contribution is 8.00. The summed E-state index contributed by atoms with van der Waals surface area (Å²) in [6.45, 7) is 0. The third-order valence-corrected chi connectivity index (χ3v) is 4.49. The largest absolute Gasteiger partial charge is 0.508 e. The van der Waals surface area contributed by atoms with Crippen molar-refractivity contribution < 1.29 is 20.1 Å². The van der Waals surface area contributed by atoms with Crippen LogP contribution in [-0.2, 0) is 4.79 Å². The van der Waals surface area contributed by atoms with Gasteiger partial charge in [0.05, 0.1) is 5.75 Å². The minimum Gasteiger partial charge on any atom is -0.508 e. The van der Waals surface area contributed by atoms with Crippen LogP contribution in [-0.4, -0.2) is 27.0 Å². The molecular formula is C15H13NO4S. The number of aromatic hydroxyl groups is 3. The molecule has 0 radical (unpaired) electrons. The predicted molar refractivity (Wildman–Crippen MR) is 80.6 cm³/mol. The molecule has 108 valence electrons. The second kappa shape index (κ2) is 5.21. The van der Waals surface area contributed by atoms with Gasteiger partial charge in [0.15, 0.2) is 11.5 Å². The number of hydrogen-bond donors (Lipinski definition) is 3. The van der Waals surface area contributed by atoms with Gasteiger partial charge in [0, 0.05) is 5.69 Å². The molecule has 1 saturated heterocycles. The normalized spacial score (nSPS) is 18.2. The Hall–Kier alpha value is -2.34. The fourth-order valence-corrected chi connectivity index (χ4v) is 3.42. The summed E-state index contributed by atoms with van der Waals surface area (Å²) in [4.78, 5) is 13.7. The van der Waals surface area contributed by atoms with Gasteiger partial charge in [0.25, 0.3) is 0 Å². The summed E-state index contributed by atoms with van der Waals surface area (Å²) in [5, 5.41) is 28.1. The van der Waals surface area contributed by atoms with E-state index in [0.29, 0.717) is 11.4 Å². The van der Waals surface area contributed by atoms with E-state index in [1.807, 2.05) is 0 Å². The van der Waals surface area contributed by atoms with Gasteiger partial charge in [-0.15, -0.1) is 11.8 Å². The SMILES string of the molecule is O=C1CSC(c2ccc(O)c(O)c2)N1c1ccc(O)cc1. The highest BCUT2D eigenvalue weighted by atomic mass is 32.2. The molecule has 5 nitrogen and oxygen atoms in total. The van der Waals surface area contributed by atoms with Crippen molar-refractivity contribution in [3.63, 3.8) is 0 Å². The third kappa shape index (κ3) is 2.50. The van der Waals surface area contributed by atoms with Crippen molar-refractivity contribution in [3.8, 4) is 17.2 Å². The van der Waals surface area contributed by atoms with Gasteiger partial charge >= 0.3 is 0 Å². The number of nitrogens with zero attached hydrogens (tertiary/aromatic N) is 1. The van der Waals surface area contributed by atoms with Gasteiger partial charge in [-0.2, -0.15) is 0 Å². The van der Waals surface area contributed by atoms with Crippen LogP contribution in [0.5, 0.6) is 17.2 Å². The monoisotopic (exact) mass is 303 g/mol. The Kier molecular flexibility index (Phi) is 3.39. The Morgan fingerprint density at radius 2 is 1.71 bits per heavy atom. The smallest absolute Gasteiger partial charge is 0.238 e. The number of carbonyl (C=O) groups is 1. The van der Waals surface area contributed by atoms with Gasteiger partial charge < -0.3 is 15.3 Å². The van der Waals surface area contributed by atoms with E-state index in [1.54, 1.807) is 23.1 Å². The average molecular weight is 303 g/mol. The van der Waals surface area contributed by atoms with Crippen LogP contribution in [0.3, 0.4) is 0 Å². The predicted octanol–water partition coefficient (Wildman–Crippen LogP) is 2.58. The number of phenolic OH excluding ortho intramolecular Hbond substituents is 3. The molecule has 1 unspecified atom stereocenters. The summed E-state index contributed by atoms with van der Waals surface area (Å²) in [7, 11) is 0. The molecule has 0 saturated carbocycles. The zero-order valence-corrected chi connectivity index (χ0v) is 11.7.